The van der Waals surface area contributed by atoms with Gasteiger partial charge < -0.3 is 20.3 Å². The zero-order chi connectivity index (χ0) is 15.3. The summed E-state index contributed by atoms with van der Waals surface area (Å²) in [6, 6.07) is 0.553. The Hall–Kier alpha value is -1.30. The number of hydrogen-bond donors (Lipinski definition) is 2. The van der Waals surface area contributed by atoms with Crippen molar-refractivity contribution in [2.45, 2.75) is 57.7 Å². The Labute approximate surface area is 121 Å². The quantitative estimate of drug-likeness (QED) is 0.794. The fourth-order valence-electron chi connectivity index (χ4n) is 1.98. The van der Waals surface area contributed by atoms with Crippen LogP contribution in [0.1, 0.15) is 40.0 Å². The minimum Gasteiger partial charge on any atom is -0.444 e. The first kappa shape index (κ1) is 16.8. The molecule has 1 rings (SSSR count). The molecule has 1 aliphatic rings. The number of alkyl carbamates (subject to hydrolysis) is 1. The SMILES string of the molecule is CN(C)C(=O)CCNC1CC(NC(=O)OC(C)(C)C)C1. The fraction of sp³-hybridized carbons (Fsp3) is 0.857. The van der Waals surface area contributed by atoms with Gasteiger partial charge in [-0.2, -0.15) is 0 Å². The van der Waals surface area contributed by atoms with Crippen LogP contribution < -0.4 is 10.6 Å². The van der Waals surface area contributed by atoms with Gasteiger partial charge in [0.25, 0.3) is 0 Å². The van der Waals surface area contributed by atoms with Crippen LogP contribution in [-0.2, 0) is 9.53 Å². The number of carbonyl (C=O) groups excluding carboxylic acids is 2. The van der Waals surface area contributed by atoms with E-state index in [0.29, 0.717) is 19.0 Å². The van der Waals surface area contributed by atoms with Gasteiger partial charge in [-0.05, 0) is 33.6 Å². The Balaban J connectivity index is 2.08. The third-order valence-corrected chi connectivity index (χ3v) is 3.13. The second-order valence-corrected chi connectivity index (χ2v) is 6.50. The van der Waals surface area contributed by atoms with Gasteiger partial charge >= 0.3 is 6.09 Å². The third-order valence-electron chi connectivity index (χ3n) is 3.13. The maximum Gasteiger partial charge on any atom is 0.407 e. The Bertz CT molecular complexity index is 344. The molecule has 0 unspecified atom stereocenters. The van der Waals surface area contributed by atoms with Crippen molar-refractivity contribution < 1.29 is 14.3 Å². The van der Waals surface area contributed by atoms with Crippen molar-refractivity contribution in [1.29, 1.82) is 0 Å². The van der Waals surface area contributed by atoms with E-state index in [1.165, 1.54) is 0 Å². The number of carbonyl (C=O) groups is 2. The molecule has 20 heavy (non-hydrogen) atoms. The van der Waals surface area contributed by atoms with Gasteiger partial charge in [0.15, 0.2) is 0 Å². The minimum absolute atomic E-state index is 0.125. The Morgan fingerprint density at radius 1 is 1.20 bits per heavy atom. The molecule has 0 spiro atoms. The number of rotatable bonds is 5. The molecule has 0 atom stereocenters. The summed E-state index contributed by atoms with van der Waals surface area (Å²) in [5, 5.41) is 6.16. The van der Waals surface area contributed by atoms with Gasteiger partial charge in [0, 0.05) is 39.1 Å². The second kappa shape index (κ2) is 6.92. The molecular weight excluding hydrogens is 258 g/mol. The fourth-order valence-corrected chi connectivity index (χ4v) is 1.98. The van der Waals surface area contributed by atoms with Gasteiger partial charge in [0.05, 0.1) is 0 Å². The molecule has 2 amide bonds. The van der Waals surface area contributed by atoms with Crippen molar-refractivity contribution in [3.63, 3.8) is 0 Å². The maximum atomic E-state index is 11.5. The van der Waals surface area contributed by atoms with Gasteiger partial charge in [-0.1, -0.05) is 0 Å². The van der Waals surface area contributed by atoms with Crippen molar-refractivity contribution in [3.05, 3.63) is 0 Å². The van der Waals surface area contributed by atoms with E-state index in [-0.39, 0.29) is 18.0 Å². The summed E-state index contributed by atoms with van der Waals surface area (Å²) >= 11 is 0. The molecule has 6 nitrogen and oxygen atoms in total. The van der Waals surface area contributed by atoms with E-state index in [1.807, 2.05) is 20.8 Å². The number of hydrogen-bond acceptors (Lipinski definition) is 4. The molecule has 1 aliphatic carbocycles. The average molecular weight is 285 g/mol. The maximum absolute atomic E-state index is 11.5. The van der Waals surface area contributed by atoms with Gasteiger partial charge in [-0.3, -0.25) is 4.79 Å². The Morgan fingerprint density at radius 2 is 1.80 bits per heavy atom. The van der Waals surface area contributed by atoms with Crippen LogP contribution in [0.3, 0.4) is 0 Å². The Morgan fingerprint density at radius 3 is 2.30 bits per heavy atom. The Kier molecular flexibility index (Phi) is 5.80. The molecule has 0 aliphatic heterocycles. The zero-order valence-electron chi connectivity index (χ0n) is 13.2. The van der Waals surface area contributed by atoms with Crippen LogP contribution in [0.15, 0.2) is 0 Å². The lowest BCUT2D eigenvalue weighted by molar-refractivity contribution is -0.128. The van der Waals surface area contributed by atoms with E-state index in [4.69, 9.17) is 4.74 Å². The molecule has 0 radical (unpaired) electrons. The van der Waals surface area contributed by atoms with E-state index in [2.05, 4.69) is 10.6 Å². The molecule has 0 aromatic heterocycles. The summed E-state index contributed by atoms with van der Waals surface area (Å²) in [6.07, 6.45) is 1.92. The zero-order valence-corrected chi connectivity index (χ0v) is 13.2. The molecule has 116 valence electrons. The van der Waals surface area contributed by atoms with Crippen molar-refractivity contribution in [1.82, 2.24) is 15.5 Å². The number of nitrogens with one attached hydrogen (secondary N) is 2. The van der Waals surface area contributed by atoms with Crippen molar-refractivity contribution in [2.75, 3.05) is 20.6 Å². The highest BCUT2D eigenvalue weighted by atomic mass is 16.6. The van der Waals surface area contributed by atoms with Crippen LogP contribution in [0.25, 0.3) is 0 Å². The monoisotopic (exact) mass is 285 g/mol. The van der Waals surface area contributed by atoms with E-state index in [9.17, 15) is 9.59 Å². The molecule has 2 N–H and O–H groups in total. The van der Waals surface area contributed by atoms with E-state index in [0.717, 1.165) is 12.8 Å². The molecule has 0 heterocycles. The van der Waals surface area contributed by atoms with Crippen LogP contribution in [0.5, 0.6) is 0 Å². The molecular formula is C14H27N3O3. The highest BCUT2D eigenvalue weighted by Gasteiger charge is 2.31. The molecule has 1 saturated carbocycles. The van der Waals surface area contributed by atoms with Gasteiger partial charge in [-0.25, -0.2) is 4.79 Å². The molecule has 6 heteroatoms. The molecule has 0 saturated heterocycles. The van der Waals surface area contributed by atoms with Crippen LogP contribution in [0, 0.1) is 0 Å². The smallest absolute Gasteiger partial charge is 0.407 e. The summed E-state index contributed by atoms with van der Waals surface area (Å²) in [5.41, 5.74) is -0.460. The third kappa shape index (κ3) is 6.23. The number of ether oxygens (including phenoxy) is 1. The number of nitrogens with zero attached hydrogens (tertiary/aromatic N) is 1. The molecule has 0 bridgehead atoms. The van der Waals surface area contributed by atoms with Crippen LogP contribution in [0.4, 0.5) is 4.79 Å². The standard InChI is InChI=1S/C14H27N3O3/c1-14(2,3)20-13(19)16-11-8-10(9-11)15-7-6-12(18)17(4)5/h10-11,15H,6-9H2,1-5H3,(H,16,19). The normalized spacial score (nSPS) is 21.9. The summed E-state index contributed by atoms with van der Waals surface area (Å²) in [5.74, 6) is 0.125. The minimum atomic E-state index is -0.460. The van der Waals surface area contributed by atoms with Crippen molar-refractivity contribution >= 4 is 12.0 Å². The van der Waals surface area contributed by atoms with Gasteiger partial charge in [-0.15, -0.1) is 0 Å². The first-order chi connectivity index (χ1) is 9.17. The summed E-state index contributed by atoms with van der Waals surface area (Å²) in [7, 11) is 3.51. The van der Waals surface area contributed by atoms with Crippen molar-refractivity contribution in [2.24, 2.45) is 0 Å². The lowest BCUT2D eigenvalue weighted by Gasteiger charge is -2.36. The molecule has 1 fully saturated rings. The van der Waals surface area contributed by atoms with Crippen molar-refractivity contribution in [3.8, 4) is 0 Å². The van der Waals surface area contributed by atoms with Crippen LogP contribution in [-0.4, -0.2) is 55.2 Å². The summed E-state index contributed by atoms with van der Waals surface area (Å²) in [6.45, 7) is 6.22. The lowest BCUT2D eigenvalue weighted by atomic mass is 9.87. The largest absolute Gasteiger partial charge is 0.444 e. The van der Waals surface area contributed by atoms with E-state index >= 15 is 0 Å². The molecule has 0 aromatic carbocycles. The summed E-state index contributed by atoms with van der Waals surface area (Å²) < 4.78 is 5.20. The van der Waals surface area contributed by atoms with E-state index < -0.39 is 5.60 Å². The lowest BCUT2D eigenvalue weighted by Crippen LogP contribution is -2.53. The second-order valence-electron chi connectivity index (χ2n) is 6.50. The number of amides is 2. The first-order valence-corrected chi connectivity index (χ1v) is 7.10. The predicted molar refractivity (Wildman–Crippen MR) is 77.5 cm³/mol. The van der Waals surface area contributed by atoms with Crippen LogP contribution in [0.2, 0.25) is 0 Å². The van der Waals surface area contributed by atoms with E-state index in [1.54, 1.807) is 19.0 Å². The predicted octanol–water partition coefficient (Wildman–Crippen LogP) is 1.11. The highest BCUT2D eigenvalue weighted by Crippen LogP contribution is 2.20. The first-order valence-electron chi connectivity index (χ1n) is 7.10. The average Bonchev–Trinajstić information content (AvgIpc) is 2.22. The highest BCUT2D eigenvalue weighted by molar-refractivity contribution is 5.75. The van der Waals surface area contributed by atoms with Gasteiger partial charge in [0.2, 0.25) is 5.91 Å². The van der Waals surface area contributed by atoms with Crippen LogP contribution >= 0.6 is 0 Å². The summed E-state index contributed by atoms with van der Waals surface area (Å²) in [4.78, 5) is 24.5. The topological polar surface area (TPSA) is 70.7 Å². The van der Waals surface area contributed by atoms with Gasteiger partial charge in [0.1, 0.15) is 5.60 Å². The molecule has 0 aromatic rings.